The molecule has 1 heterocycles. The van der Waals surface area contributed by atoms with Crippen LogP contribution in [-0.4, -0.2) is 16.4 Å². The number of rotatable bonds is 3. The van der Waals surface area contributed by atoms with Crippen LogP contribution in [0.5, 0.6) is 0 Å². The van der Waals surface area contributed by atoms with Crippen LogP contribution >= 0.6 is 11.6 Å². The van der Waals surface area contributed by atoms with Crippen molar-refractivity contribution in [2.24, 2.45) is 0 Å². The number of amides is 1. The van der Waals surface area contributed by atoms with Crippen LogP contribution in [0.1, 0.15) is 6.92 Å². The van der Waals surface area contributed by atoms with E-state index in [0.29, 0.717) is 11.6 Å². The quantitative estimate of drug-likeness (QED) is 0.852. The Morgan fingerprint density at radius 3 is 2.76 bits per heavy atom. The topological polar surface area (TPSA) is 55.1 Å². The Balaban J connectivity index is 2.14. The maximum absolute atomic E-state index is 11.3. The van der Waals surface area contributed by atoms with Crippen LogP contribution in [-0.2, 0) is 4.79 Å². The van der Waals surface area contributed by atoms with Crippen molar-refractivity contribution in [2.45, 2.75) is 12.3 Å². The number of halogens is 1. The monoisotopic (exact) mass is 250 g/mol. The van der Waals surface area contributed by atoms with Gasteiger partial charge in [0, 0.05) is 11.6 Å². The second-order valence-electron chi connectivity index (χ2n) is 3.55. The van der Waals surface area contributed by atoms with Crippen molar-refractivity contribution in [2.75, 3.05) is 5.32 Å². The number of benzene rings is 1. The highest BCUT2D eigenvalue weighted by Crippen LogP contribution is 2.21. The fourth-order valence-corrected chi connectivity index (χ4v) is 1.35. The summed E-state index contributed by atoms with van der Waals surface area (Å²) in [7, 11) is 0. The smallest absolute Gasteiger partial charge is 0.244 e. The molecule has 5 heteroatoms. The van der Waals surface area contributed by atoms with Gasteiger partial charge in [0.1, 0.15) is 11.1 Å². The zero-order chi connectivity index (χ0) is 12.3. The Morgan fingerprint density at radius 1 is 1.41 bits per heavy atom. The summed E-state index contributed by atoms with van der Waals surface area (Å²) >= 11 is 5.63. The van der Waals surface area contributed by atoms with Gasteiger partial charge in [0.15, 0.2) is 0 Å². The minimum Gasteiger partial charge on any atom is -0.338 e. The average Bonchev–Trinajstić information content (AvgIpc) is 2.78. The molecule has 1 aromatic heterocycles. The van der Waals surface area contributed by atoms with E-state index < -0.39 is 5.38 Å². The van der Waals surface area contributed by atoms with Crippen molar-refractivity contribution in [3.8, 4) is 11.3 Å². The third-order valence-electron chi connectivity index (χ3n) is 2.19. The predicted molar refractivity (Wildman–Crippen MR) is 65.9 cm³/mol. The van der Waals surface area contributed by atoms with Crippen molar-refractivity contribution in [1.82, 2.24) is 5.16 Å². The van der Waals surface area contributed by atoms with Gasteiger partial charge in [0.05, 0.1) is 0 Å². The van der Waals surface area contributed by atoms with Gasteiger partial charge in [0.2, 0.25) is 11.8 Å². The predicted octanol–water partition coefficient (Wildman–Crippen LogP) is 2.91. The Labute approximate surface area is 104 Å². The summed E-state index contributed by atoms with van der Waals surface area (Å²) in [4.78, 5) is 11.3. The lowest BCUT2D eigenvalue weighted by atomic mass is 10.2. The van der Waals surface area contributed by atoms with Crippen LogP contribution in [0.25, 0.3) is 11.3 Å². The third-order valence-corrected chi connectivity index (χ3v) is 2.39. The van der Waals surface area contributed by atoms with E-state index in [2.05, 4.69) is 10.5 Å². The van der Waals surface area contributed by atoms with E-state index in [4.69, 9.17) is 16.1 Å². The second-order valence-corrected chi connectivity index (χ2v) is 4.20. The first-order chi connectivity index (χ1) is 8.16. The Morgan fingerprint density at radius 2 is 2.12 bits per heavy atom. The molecule has 0 aliphatic heterocycles. The van der Waals surface area contributed by atoms with Crippen LogP contribution < -0.4 is 5.32 Å². The van der Waals surface area contributed by atoms with Crippen LogP contribution in [0, 0.1) is 0 Å². The summed E-state index contributed by atoms with van der Waals surface area (Å²) in [5.41, 5.74) is 1.60. The molecule has 0 radical (unpaired) electrons. The molecule has 0 bridgehead atoms. The molecule has 0 spiro atoms. The van der Waals surface area contributed by atoms with Gasteiger partial charge in [-0.1, -0.05) is 35.5 Å². The summed E-state index contributed by atoms with van der Waals surface area (Å²) in [5, 5.41) is 5.79. The zero-order valence-electron chi connectivity index (χ0n) is 9.18. The number of aromatic nitrogens is 1. The minimum atomic E-state index is -0.611. The Bertz CT molecular complexity index is 508. The Kier molecular flexibility index (Phi) is 3.44. The standard InChI is InChI=1S/C12H11ClN2O2/c1-8(13)12(16)14-11-7-10(15-17-11)9-5-3-2-4-6-9/h2-8H,1H3,(H,14,16). The number of hydrogen-bond acceptors (Lipinski definition) is 3. The maximum atomic E-state index is 11.3. The number of alkyl halides is 1. The van der Waals surface area contributed by atoms with E-state index in [9.17, 15) is 4.79 Å². The molecule has 1 aromatic carbocycles. The number of hydrogen-bond donors (Lipinski definition) is 1. The van der Waals surface area contributed by atoms with Gasteiger partial charge >= 0.3 is 0 Å². The van der Waals surface area contributed by atoms with Gasteiger partial charge in [-0.15, -0.1) is 11.6 Å². The molecular formula is C12H11ClN2O2. The summed E-state index contributed by atoms with van der Waals surface area (Å²) in [6, 6.07) is 11.2. The first kappa shape index (κ1) is 11.7. The molecule has 1 N–H and O–H groups in total. The lowest BCUT2D eigenvalue weighted by Crippen LogP contribution is -2.19. The van der Waals surface area contributed by atoms with Crippen molar-refractivity contribution >= 4 is 23.4 Å². The van der Waals surface area contributed by atoms with Gasteiger partial charge in [-0.3, -0.25) is 10.1 Å². The van der Waals surface area contributed by atoms with Crippen molar-refractivity contribution in [3.05, 3.63) is 36.4 Å². The highest BCUT2D eigenvalue weighted by atomic mass is 35.5. The molecule has 0 saturated carbocycles. The summed E-state index contributed by atoms with van der Waals surface area (Å²) < 4.78 is 5.00. The lowest BCUT2D eigenvalue weighted by molar-refractivity contribution is -0.115. The Hall–Kier alpha value is -1.81. The fraction of sp³-hybridized carbons (Fsp3) is 0.167. The molecule has 1 unspecified atom stereocenters. The molecule has 88 valence electrons. The van der Waals surface area contributed by atoms with E-state index in [1.807, 2.05) is 30.3 Å². The molecule has 4 nitrogen and oxygen atoms in total. The summed E-state index contributed by atoms with van der Waals surface area (Å²) in [6.07, 6.45) is 0. The largest absolute Gasteiger partial charge is 0.338 e. The van der Waals surface area contributed by atoms with E-state index in [1.165, 1.54) is 0 Å². The molecule has 0 saturated heterocycles. The van der Waals surface area contributed by atoms with Crippen molar-refractivity contribution in [3.63, 3.8) is 0 Å². The first-order valence-electron chi connectivity index (χ1n) is 5.14. The molecular weight excluding hydrogens is 240 g/mol. The SMILES string of the molecule is CC(Cl)C(=O)Nc1cc(-c2ccccc2)no1. The maximum Gasteiger partial charge on any atom is 0.244 e. The molecule has 2 aromatic rings. The van der Waals surface area contributed by atoms with Crippen LogP contribution in [0.3, 0.4) is 0 Å². The van der Waals surface area contributed by atoms with Gasteiger partial charge in [-0.25, -0.2) is 0 Å². The number of carbonyl (C=O) groups excluding carboxylic acids is 1. The third kappa shape index (κ3) is 2.85. The van der Waals surface area contributed by atoms with Crippen LogP contribution in [0.4, 0.5) is 5.88 Å². The summed E-state index contributed by atoms with van der Waals surface area (Å²) in [6.45, 7) is 1.59. The van der Waals surface area contributed by atoms with Gasteiger partial charge in [0.25, 0.3) is 0 Å². The minimum absolute atomic E-state index is 0.293. The molecule has 1 atom stereocenters. The number of nitrogens with one attached hydrogen (secondary N) is 1. The van der Waals surface area contributed by atoms with Gasteiger partial charge < -0.3 is 4.52 Å². The van der Waals surface area contributed by atoms with Crippen molar-refractivity contribution in [1.29, 1.82) is 0 Å². The highest BCUT2D eigenvalue weighted by Gasteiger charge is 2.12. The first-order valence-corrected chi connectivity index (χ1v) is 5.57. The second kappa shape index (κ2) is 5.01. The van der Waals surface area contributed by atoms with E-state index in [-0.39, 0.29) is 5.91 Å². The van der Waals surface area contributed by atoms with E-state index in [1.54, 1.807) is 13.0 Å². The van der Waals surface area contributed by atoms with Gasteiger partial charge in [-0.2, -0.15) is 0 Å². The zero-order valence-corrected chi connectivity index (χ0v) is 9.94. The normalized spacial score (nSPS) is 12.1. The molecule has 2 rings (SSSR count). The fourth-order valence-electron chi connectivity index (χ4n) is 1.30. The van der Waals surface area contributed by atoms with Crippen LogP contribution in [0.15, 0.2) is 40.9 Å². The molecule has 0 aliphatic carbocycles. The molecule has 17 heavy (non-hydrogen) atoms. The summed E-state index contributed by atoms with van der Waals surface area (Å²) in [5.74, 6) is -0.0243. The van der Waals surface area contributed by atoms with Gasteiger partial charge in [-0.05, 0) is 6.92 Å². The lowest BCUT2D eigenvalue weighted by Gasteiger charge is -2.00. The number of carbonyl (C=O) groups is 1. The average molecular weight is 251 g/mol. The van der Waals surface area contributed by atoms with E-state index in [0.717, 1.165) is 5.56 Å². The molecule has 0 fully saturated rings. The molecule has 0 aliphatic rings. The van der Waals surface area contributed by atoms with Crippen LogP contribution in [0.2, 0.25) is 0 Å². The highest BCUT2D eigenvalue weighted by molar-refractivity contribution is 6.32. The number of nitrogens with zero attached hydrogens (tertiary/aromatic N) is 1. The number of anilines is 1. The van der Waals surface area contributed by atoms with E-state index >= 15 is 0 Å². The molecule has 1 amide bonds. The van der Waals surface area contributed by atoms with Crippen molar-refractivity contribution < 1.29 is 9.32 Å².